The Balaban J connectivity index is 2.28. The molecule has 3 rings (SSSR count). The number of nitrogens with zero attached hydrogens (tertiary/aromatic N) is 1. The third-order valence-electron chi connectivity index (χ3n) is 3.81. The molecule has 0 spiro atoms. The minimum absolute atomic E-state index is 0.0781. The second-order valence-corrected chi connectivity index (χ2v) is 5.69. The third-order valence-corrected chi connectivity index (χ3v) is 3.81. The lowest BCUT2D eigenvalue weighted by molar-refractivity contribution is 0.597. The molecule has 0 saturated heterocycles. The molecule has 0 aliphatic heterocycles. The van der Waals surface area contributed by atoms with Gasteiger partial charge in [-0.05, 0) is 25.0 Å². The van der Waals surface area contributed by atoms with Gasteiger partial charge in [0, 0.05) is 29.6 Å². The van der Waals surface area contributed by atoms with E-state index in [2.05, 4.69) is 18.4 Å². The molecular weight excluding hydrogens is 270 g/mol. The summed E-state index contributed by atoms with van der Waals surface area (Å²) < 4.78 is 2.10. The molecule has 0 atom stereocenters. The van der Waals surface area contributed by atoms with Gasteiger partial charge in [0.2, 0.25) is 0 Å². The molecule has 0 saturated carbocycles. The number of hydrogen-bond donors (Lipinski definition) is 0. The number of rotatable bonds is 3. The standard InChI is InChI=1S/C20H19NO/c1-15(2)21-13-18(16-9-5-3-6-10-16)20(22)19(14-21)17-11-7-4-8-12-17/h3-15H,1-2H3. The molecule has 2 aromatic carbocycles. The molecule has 1 heterocycles. The van der Waals surface area contributed by atoms with Crippen LogP contribution in [-0.2, 0) is 0 Å². The van der Waals surface area contributed by atoms with Crippen LogP contribution in [0.15, 0.2) is 77.9 Å². The maximum absolute atomic E-state index is 12.9. The summed E-state index contributed by atoms with van der Waals surface area (Å²) in [5.74, 6) is 0. The van der Waals surface area contributed by atoms with E-state index >= 15 is 0 Å². The van der Waals surface area contributed by atoms with E-state index in [-0.39, 0.29) is 5.43 Å². The Bertz CT molecular complexity index is 754. The van der Waals surface area contributed by atoms with E-state index in [4.69, 9.17) is 0 Å². The van der Waals surface area contributed by atoms with Crippen LogP contribution in [0.2, 0.25) is 0 Å². The van der Waals surface area contributed by atoms with Crippen LogP contribution >= 0.6 is 0 Å². The molecule has 2 heteroatoms. The predicted molar refractivity (Wildman–Crippen MR) is 92.0 cm³/mol. The molecule has 22 heavy (non-hydrogen) atoms. The van der Waals surface area contributed by atoms with Crippen LogP contribution in [0.1, 0.15) is 19.9 Å². The Labute approximate surface area is 130 Å². The van der Waals surface area contributed by atoms with Crippen LogP contribution in [0, 0.1) is 0 Å². The number of pyridine rings is 1. The molecule has 3 aromatic rings. The molecule has 110 valence electrons. The van der Waals surface area contributed by atoms with Gasteiger partial charge < -0.3 is 4.57 Å². The molecule has 0 amide bonds. The van der Waals surface area contributed by atoms with Gasteiger partial charge in [-0.25, -0.2) is 0 Å². The number of benzene rings is 2. The lowest BCUT2D eigenvalue weighted by Gasteiger charge is -2.15. The zero-order valence-electron chi connectivity index (χ0n) is 12.9. The second kappa shape index (κ2) is 6.02. The van der Waals surface area contributed by atoms with Gasteiger partial charge in [-0.1, -0.05) is 60.7 Å². The molecule has 0 aliphatic carbocycles. The topological polar surface area (TPSA) is 22.0 Å². The van der Waals surface area contributed by atoms with Crippen molar-refractivity contribution in [3.05, 3.63) is 83.3 Å². The van der Waals surface area contributed by atoms with Gasteiger partial charge in [0.15, 0.2) is 5.43 Å². The Kier molecular flexibility index (Phi) is 3.92. The molecule has 0 N–H and O–H groups in total. The first-order valence-electron chi connectivity index (χ1n) is 7.53. The van der Waals surface area contributed by atoms with E-state index in [0.29, 0.717) is 6.04 Å². The largest absolute Gasteiger partial charge is 0.350 e. The van der Waals surface area contributed by atoms with Crippen LogP contribution in [0.25, 0.3) is 22.3 Å². The van der Waals surface area contributed by atoms with Crippen molar-refractivity contribution in [1.29, 1.82) is 0 Å². The molecule has 1 aromatic heterocycles. The van der Waals surface area contributed by atoms with Crippen molar-refractivity contribution < 1.29 is 0 Å². The van der Waals surface area contributed by atoms with Gasteiger partial charge in [0.05, 0.1) is 0 Å². The van der Waals surface area contributed by atoms with Crippen molar-refractivity contribution >= 4 is 0 Å². The zero-order valence-corrected chi connectivity index (χ0v) is 12.9. The third kappa shape index (κ3) is 2.73. The lowest BCUT2D eigenvalue weighted by Crippen LogP contribution is -2.14. The quantitative estimate of drug-likeness (QED) is 0.681. The molecular formula is C20H19NO. The summed E-state index contributed by atoms with van der Waals surface area (Å²) in [6, 6.07) is 20.0. The Morgan fingerprint density at radius 3 is 1.50 bits per heavy atom. The van der Waals surface area contributed by atoms with E-state index in [1.165, 1.54) is 0 Å². The van der Waals surface area contributed by atoms with Crippen LogP contribution in [0.5, 0.6) is 0 Å². The fourth-order valence-electron chi connectivity index (χ4n) is 2.54. The Morgan fingerprint density at radius 2 is 1.14 bits per heavy atom. The monoisotopic (exact) mass is 289 g/mol. The summed E-state index contributed by atoms with van der Waals surface area (Å²) in [5, 5.41) is 0. The van der Waals surface area contributed by atoms with Crippen molar-refractivity contribution in [2.24, 2.45) is 0 Å². The molecule has 2 nitrogen and oxygen atoms in total. The molecule has 0 unspecified atom stereocenters. The highest BCUT2D eigenvalue weighted by Crippen LogP contribution is 2.22. The van der Waals surface area contributed by atoms with Crippen molar-refractivity contribution in [1.82, 2.24) is 4.57 Å². The van der Waals surface area contributed by atoms with Crippen LogP contribution in [0.3, 0.4) is 0 Å². The van der Waals surface area contributed by atoms with Gasteiger partial charge in [-0.2, -0.15) is 0 Å². The first kappa shape index (κ1) is 14.3. The van der Waals surface area contributed by atoms with Gasteiger partial charge in [-0.3, -0.25) is 4.79 Å². The smallest absolute Gasteiger partial charge is 0.197 e. The first-order chi connectivity index (χ1) is 10.7. The van der Waals surface area contributed by atoms with Crippen molar-refractivity contribution in [3.63, 3.8) is 0 Å². The average molecular weight is 289 g/mol. The molecule has 0 fully saturated rings. The normalized spacial score (nSPS) is 10.9. The number of hydrogen-bond acceptors (Lipinski definition) is 1. The first-order valence-corrected chi connectivity index (χ1v) is 7.53. The number of aromatic nitrogens is 1. The van der Waals surface area contributed by atoms with Crippen LogP contribution in [0.4, 0.5) is 0 Å². The highest BCUT2D eigenvalue weighted by molar-refractivity contribution is 5.71. The molecule has 0 aliphatic rings. The maximum Gasteiger partial charge on any atom is 0.197 e. The maximum atomic E-state index is 12.9. The Morgan fingerprint density at radius 1 is 0.727 bits per heavy atom. The lowest BCUT2D eigenvalue weighted by atomic mass is 10.0. The van der Waals surface area contributed by atoms with E-state index < -0.39 is 0 Å². The predicted octanol–water partition coefficient (Wildman–Crippen LogP) is 4.76. The summed E-state index contributed by atoms with van der Waals surface area (Å²) in [7, 11) is 0. The molecule has 0 radical (unpaired) electrons. The van der Waals surface area contributed by atoms with E-state index in [9.17, 15) is 4.79 Å². The average Bonchev–Trinajstić information content (AvgIpc) is 2.56. The zero-order chi connectivity index (χ0) is 15.5. The highest BCUT2D eigenvalue weighted by atomic mass is 16.1. The van der Waals surface area contributed by atoms with Crippen LogP contribution in [-0.4, -0.2) is 4.57 Å². The molecule has 0 bridgehead atoms. The van der Waals surface area contributed by atoms with Gasteiger partial charge >= 0.3 is 0 Å². The van der Waals surface area contributed by atoms with Gasteiger partial charge in [-0.15, -0.1) is 0 Å². The summed E-state index contributed by atoms with van der Waals surface area (Å²) >= 11 is 0. The van der Waals surface area contributed by atoms with E-state index in [1.54, 1.807) is 0 Å². The fourth-order valence-corrected chi connectivity index (χ4v) is 2.54. The summed E-state index contributed by atoms with van der Waals surface area (Å²) in [6.45, 7) is 4.24. The fraction of sp³-hybridized carbons (Fsp3) is 0.150. The van der Waals surface area contributed by atoms with E-state index in [0.717, 1.165) is 22.3 Å². The SMILES string of the molecule is CC(C)n1cc(-c2ccccc2)c(=O)c(-c2ccccc2)c1. The van der Waals surface area contributed by atoms with Crippen LogP contribution < -0.4 is 5.43 Å². The summed E-state index contributed by atoms with van der Waals surface area (Å²) in [5.41, 5.74) is 3.49. The minimum Gasteiger partial charge on any atom is -0.350 e. The Hall–Kier alpha value is -2.61. The van der Waals surface area contributed by atoms with Gasteiger partial charge in [0.25, 0.3) is 0 Å². The van der Waals surface area contributed by atoms with Crippen molar-refractivity contribution in [2.75, 3.05) is 0 Å². The highest BCUT2D eigenvalue weighted by Gasteiger charge is 2.12. The van der Waals surface area contributed by atoms with Crippen molar-refractivity contribution in [2.45, 2.75) is 19.9 Å². The summed E-state index contributed by atoms with van der Waals surface area (Å²) in [6.07, 6.45) is 3.91. The van der Waals surface area contributed by atoms with Crippen molar-refractivity contribution in [3.8, 4) is 22.3 Å². The van der Waals surface area contributed by atoms with E-state index in [1.807, 2.05) is 73.1 Å². The minimum atomic E-state index is 0.0781. The summed E-state index contributed by atoms with van der Waals surface area (Å²) in [4.78, 5) is 12.9. The van der Waals surface area contributed by atoms with Gasteiger partial charge in [0.1, 0.15) is 0 Å². The second-order valence-electron chi connectivity index (χ2n) is 5.69.